The van der Waals surface area contributed by atoms with Crippen molar-refractivity contribution in [2.45, 2.75) is 25.8 Å². The van der Waals surface area contributed by atoms with E-state index in [1.807, 2.05) is 18.2 Å². The fourth-order valence-electron chi connectivity index (χ4n) is 2.03. The normalized spacial score (nSPS) is 15.6. The van der Waals surface area contributed by atoms with Crippen LogP contribution in [0.1, 0.15) is 36.4 Å². The van der Waals surface area contributed by atoms with E-state index < -0.39 is 0 Å². The lowest BCUT2D eigenvalue weighted by molar-refractivity contribution is 0.1000. The van der Waals surface area contributed by atoms with Gasteiger partial charge < -0.3 is 4.57 Å². The summed E-state index contributed by atoms with van der Waals surface area (Å²) in [6, 6.07) is 6.43. The van der Waals surface area contributed by atoms with Gasteiger partial charge in [-0.1, -0.05) is 6.07 Å². The van der Waals surface area contributed by atoms with Gasteiger partial charge in [-0.2, -0.15) is 0 Å². The second-order valence-electron chi connectivity index (χ2n) is 4.20. The van der Waals surface area contributed by atoms with Crippen molar-refractivity contribution >= 4 is 32.7 Å². The zero-order valence-corrected chi connectivity index (χ0v) is 10.5. The molecule has 0 radical (unpaired) electrons. The van der Waals surface area contributed by atoms with Gasteiger partial charge in [-0.3, -0.25) is 4.79 Å². The maximum atomic E-state index is 11.6. The van der Waals surface area contributed by atoms with Crippen molar-refractivity contribution in [3.8, 4) is 0 Å². The van der Waals surface area contributed by atoms with Crippen LogP contribution in [-0.4, -0.2) is 15.3 Å². The summed E-state index contributed by atoms with van der Waals surface area (Å²) in [4.78, 5) is 16.0. The molecule has 3 nitrogen and oxygen atoms in total. The van der Waals surface area contributed by atoms with E-state index in [1.165, 1.54) is 0 Å². The molecule has 0 amide bonds. The minimum atomic E-state index is 0.0370. The number of para-hydroxylation sites is 1. The lowest BCUT2D eigenvalue weighted by Gasteiger charge is -2.04. The first kappa shape index (κ1) is 10.0. The lowest BCUT2D eigenvalue weighted by atomic mass is 10.3. The Hall–Kier alpha value is -1.16. The van der Waals surface area contributed by atoms with Gasteiger partial charge in [0, 0.05) is 17.4 Å². The Balaban J connectivity index is 2.37. The van der Waals surface area contributed by atoms with Crippen molar-refractivity contribution < 1.29 is 4.79 Å². The number of hydrogen-bond donors (Lipinski definition) is 0. The van der Waals surface area contributed by atoms with E-state index in [0.717, 1.165) is 28.3 Å². The van der Waals surface area contributed by atoms with E-state index in [1.54, 1.807) is 6.92 Å². The Bertz CT molecular complexity index is 584. The standard InChI is InChI=1S/C12H11BrN2O/c1-7(16)12-14-11-9(13)3-2-4-10(11)15(12)8-5-6-8/h2-4,8H,5-6H2,1H3. The summed E-state index contributed by atoms with van der Waals surface area (Å²) in [5, 5.41) is 0. The maximum Gasteiger partial charge on any atom is 0.195 e. The summed E-state index contributed by atoms with van der Waals surface area (Å²) in [7, 11) is 0. The van der Waals surface area contributed by atoms with E-state index in [2.05, 4.69) is 25.5 Å². The van der Waals surface area contributed by atoms with Gasteiger partial charge in [0.2, 0.25) is 0 Å². The second kappa shape index (κ2) is 3.42. The first-order valence-electron chi connectivity index (χ1n) is 5.36. The number of aromatic nitrogens is 2. The average molecular weight is 279 g/mol. The van der Waals surface area contributed by atoms with E-state index in [-0.39, 0.29) is 5.78 Å². The minimum Gasteiger partial charge on any atom is -0.318 e. The van der Waals surface area contributed by atoms with Gasteiger partial charge >= 0.3 is 0 Å². The molecule has 1 aromatic carbocycles. The van der Waals surface area contributed by atoms with Gasteiger partial charge in [0.1, 0.15) is 5.52 Å². The fourth-order valence-corrected chi connectivity index (χ4v) is 2.48. The highest BCUT2D eigenvalue weighted by atomic mass is 79.9. The number of imidazole rings is 1. The van der Waals surface area contributed by atoms with Crippen molar-refractivity contribution in [3.05, 3.63) is 28.5 Å². The first-order chi connectivity index (χ1) is 7.68. The third-order valence-electron chi connectivity index (χ3n) is 2.90. The summed E-state index contributed by atoms with van der Waals surface area (Å²) < 4.78 is 3.04. The van der Waals surface area contributed by atoms with Gasteiger partial charge in [0.05, 0.1) is 5.52 Å². The number of halogens is 1. The number of ketones is 1. The van der Waals surface area contributed by atoms with Crippen molar-refractivity contribution in [1.29, 1.82) is 0 Å². The molecule has 0 bridgehead atoms. The van der Waals surface area contributed by atoms with Crippen molar-refractivity contribution in [2.75, 3.05) is 0 Å². The predicted octanol–water partition coefficient (Wildman–Crippen LogP) is 3.34. The second-order valence-corrected chi connectivity index (χ2v) is 5.05. The monoisotopic (exact) mass is 278 g/mol. The van der Waals surface area contributed by atoms with Crippen LogP contribution in [0.15, 0.2) is 22.7 Å². The zero-order valence-electron chi connectivity index (χ0n) is 8.90. The van der Waals surface area contributed by atoms with Gasteiger partial charge in [0.15, 0.2) is 11.6 Å². The number of carbonyl (C=O) groups excluding carboxylic acids is 1. The zero-order chi connectivity index (χ0) is 11.3. The first-order valence-corrected chi connectivity index (χ1v) is 6.15. The van der Waals surface area contributed by atoms with Crippen LogP contribution in [0.2, 0.25) is 0 Å². The maximum absolute atomic E-state index is 11.6. The highest BCUT2D eigenvalue weighted by Crippen LogP contribution is 2.39. The highest BCUT2D eigenvalue weighted by Gasteiger charge is 2.29. The van der Waals surface area contributed by atoms with Gasteiger partial charge in [0.25, 0.3) is 0 Å². The van der Waals surface area contributed by atoms with Crippen molar-refractivity contribution in [1.82, 2.24) is 9.55 Å². The third kappa shape index (κ3) is 1.40. The Morgan fingerprint density at radius 3 is 2.88 bits per heavy atom. The van der Waals surface area contributed by atoms with E-state index in [0.29, 0.717) is 11.9 Å². The van der Waals surface area contributed by atoms with Gasteiger partial charge in [-0.25, -0.2) is 4.98 Å². The predicted molar refractivity (Wildman–Crippen MR) is 65.7 cm³/mol. The van der Waals surface area contributed by atoms with E-state index >= 15 is 0 Å². The van der Waals surface area contributed by atoms with Crippen LogP contribution in [0.4, 0.5) is 0 Å². The number of nitrogens with zero attached hydrogens (tertiary/aromatic N) is 2. The molecule has 4 heteroatoms. The molecular formula is C12H11BrN2O. The molecule has 82 valence electrons. The summed E-state index contributed by atoms with van der Waals surface area (Å²) in [6.45, 7) is 1.58. The molecule has 1 aliphatic rings. The summed E-state index contributed by atoms with van der Waals surface area (Å²) in [6.07, 6.45) is 2.30. The quantitative estimate of drug-likeness (QED) is 0.790. The molecule has 1 saturated carbocycles. The molecule has 0 unspecified atom stereocenters. The van der Waals surface area contributed by atoms with Crippen molar-refractivity contribution in [3.63, 3.8) is 0 Å². The van der Waals surface area contributed by atoms with Crippen LogP contribution >= 0.6 is 15.9 Å². The molecular weight excluding hydrogens is 268 g/mol. The molecule has 1 aliphatic carbocycles. The van der Waals surface area contributed by atoms with Crippen LogP contribution in [0.5, 0.6) is 0 Å². The summed E-state index contributed by atoms with van der Waals surface area (Å²) in [5.74, 6) is 0.624. The Morgan fingerprint density at radius 1 is 1.50 bits per heavy atom. The smallest absolute Gasteiger partial charge is 0.195 e. The Morgan fingerprint density at radius 2 is 2.25 bits per heavy atom. The van der Waals surface area contributed by atoms with Gasteiger partial charge in [-0.05, 0) is 40.9 Å². The molecule has 0 N–H and O–H groups in total. The molecule has 0 aliphatic heterocycles. The Labute approximate surface area is 102 Å². The third-order valence-corrected chi connectivity index (χ3v) is 3.54. The molecule has 1 fully saturated rings. The average Bonchev–Trinajstić information content (AvgIpc) is 2.99. The minimum absolute atomic E-state index is 0.0370. The summed E-state index contributed by atoms with van der Waals surface area (Å²) in [5.41, 5.74) is 1.95. The lowest BCUT2D eigenvalue weighted by Crippen LogP contribution is -2.05. The Kier molecular flexibility index (Phi) is 2.14. The number of Topliss-reactive ketones (excluding diaryl/α,β-unsaturated/α-hetero) is 1. The molecule has 0 saturated heterocycles. The van der Waals surface area contributed by atoms with E-state index in [4.69, 9.17) is 0 Å². The molecule has 3 rings (SSSR count). The molecule has 0 spiro atoms. The number of rotatable bonds is 2. The topological polar surface area (TPSA) is 34.9 Å². The van der Waals surface area contributed by atoms with Gasteiger partial charge in [-0.15, -0.1) is 0 Å². The van der Waals surface area contributed by atoms with E-state index in [9.17, 15) is 4.79 Å². The number of hydrogen-bond acceptors (Lipinski definition) is 2. The van der Waals surface area contributed by atoms with Crippen LogP contribution < -0.4 is 0 Å². The number of benzene rings is 1. The fraction of sp³-hybridized carbons (Fsp3) is 0.333. The van der Waals surface area contributed by atoms with Crippen LogP contribution in [0.25, 0.3) is 11.0 Å². The van der Waals surface area contributed by atoms with Crippen LogP contribution in [-0.2, 0) is 0 Å². The molecule has 16 heavy (non-hydrogen) atoms. The van der Waals surface area contributed by atoms with Crippen molar-refractivity contribution in [2.24, 2.45) is 0 Å². The highest BCUT2D eigenvalue weighted by molar-refractivity contribution is 9.10. The van der Waals surface area contributed by atoms with Crippen LogP contribution in [0.3, 0.4) is 0 Å². The number of fused-ring (bicyclic) bond motifs is 1. The SMILES string of the molecule is CC(=O)c1nc2c(Br)cccc2n1C1CC1. The van der Waals surface area contributed by atoms with Crippen LogP contribution in [0, 0.1) is 0 Å². The molecule has 1 aromatic heterocycles. The molecule has 1 heterocycles. The molecule has 2 aromatic rings. The number of carbonyl (C=O) groups is 1. The largest absolute Gasteiger partial charge is 0.318 e. The summed E-state index contributed by atoms with van der Waals surface area (Å²) >= 11 is 3.48. The molecule has 0 atom stereocenters.